The molecule has 122 valence electrons. The Bertz CT molecular complexity index is 742. The maximum Gasteiger partial charge on any atom is 0.410 e. The van der Waals surface area contributed by atoms with E-state index in [4.69, 9.17) is 4.74 Å². The smallest absolute Gasteiger partial charge is 0.410 e. The Morgan fingerprint density at radius 2 is 2.13 bits per heavy atom. The minimum atomic E-state index is -0.496. The van der Waals surface area contributed by atoms with Crippen molar-refractivity contribution in [1.82, 2.24) is 9.88 Å². The summed E-state index contributed by atoms with van der Waals surface area (Å²) in [4.78, 5) is 28.4. The Morgan fingerprint density at radius 3 is 2.83 bits per heavy atom. The van der Waals surface area contributed by atoms with Gasteiger partial charge >= 0.3 is 6.09 Å². The third kappa shape index (κ3) is 3.23. The van der Waals surface area contributed by atoms with Crippen LogP contribution in [0.4, 0.5) is 4.79 Å². The van der Waals surface area contributed by atoms with Crippen molar-refractivity contribution in [3.05, 3.63) is 35.5 Å². The number of fused-ring (bicyclic) bond motifs is 1. The molecule has 23 heavy (non-hydrogen) atoms. The van der Waals surface area contributed by atoms with Gasteiger partial charge < -0.3 is 9.72 Å². The lowest BCUT2D eigenvalue weighted by molar-refractivity contribution is 0.0222. The van der Waals surface area contributed by atoms with Crippen LogP contribution in [0, 0.1) is 0 Å². The Labute approximate surface area is 135 Å². The van der Waals surface area contributed by atoms with Gasteiger partial charge in [-0.3, -0.25) is 9.69 Å². The van der Waals surface area contributed by atoms with E-state index in [2.05, 4.69) is 11.1 Å². The van der Waals surface area contributed by atoms with Gasteiger partial charge in [0.05, 0.1) is 6.04 Å². The van der Waals surface area contributed by atoms with Crippen molar-refractivity contribution in [2.24, 2.45) is 0 Å². The summed E-state index contributed by atoms with van der Waals surface area (Å²) in [5.41, 5.74) is 2.05. The number of H-pyrrole nitrogens is 1. The maximum atomic E-state index is 12.4. The van der Waals surface area contributed by atoms with Gasteiger partial charge in [-0.1, -0.05) is 12.1 Å². The van der Waals surface area contributed by atoms with E-state index in [1.807, 2.05) is 32.9 Å². The molecule has 0 aliphatic carbocycles. The number of carbonyl (C=O) groups is 2. The van der Waals surface area contributed by atoms with Crippen molar-refractivity contribution < 1.29 is 14.3 Å². The average Bonchev–Trinajstić information content (AvgIpc) is 3.10. The Hall–Kier alpha value is -2.30. The molecule has 1 aromatic heterocycles. The number of benzene rings is 1. The monoisotopic (exact) mass is 314 g/mol. The van der Waals surface area contributed by atoms with Crippen molar-refractivity contribution in [3.63, 3.8) is 0 Å². The third-order valence-electron chi connectivity index (χ3n) is 4.04. The van der Waals surface area contributed by atoms with Crippen LogP contribution in [0.15, 0.2) is 24.3 Å². The van der Waals surface area contributed by atoms with Gasteiger partial charge in [0.15, 0.2) is 0 Å². The fourth-order valence-corrected chi connectivity index (χ4v) is 3.05. The Kier molecular flexibility index (Phi) is 3.88. The number of aromatic amines is 1. The minimum absolute atomic E-state index is 0.00284. The molecule has 2 aromatic rings. The van der Waals surface area contributed by atoms with E-state index in [1.54, 1.807) is 11.0 Å². The van der Waals surface area contributed by atoms with Crippen LogP contribution in [-0.2, 0) is 4.74 Å². The van der Waals surface area contributed by atoms with E-state index < -0.39 is 5.60 Å². The van der Waals surface area contributed by atoms with Gasteiger partial charge in [-0.2, -0.15) is 0 Å². The van der Waals surface area contributed by atoms with Crippen molar-refractivity contribution >= 4 is 23.3 Å². The van der Waals surface area contributed by atoms with E-state index in [9.17, 15) is 9.59 Å². The number of likely N-dealkylation sites (tertiary alicyclic amines) is 1. The number of carbonyl (C=O) groups excluding carboxylic acids is 2. The zero-order chi connectivity index (χ0) is 16.6. The van der Waals surface area contributed by atoms with E-state index in [-0.39, 0.29) is 12.1 Å². The van der Waals surface area contributed by atoms with Crippen LogP contribution in [0.25, 0.3) is 10.9 Å². The van der Waals surface area contributed by atoms with Crippen LogP contribution in [0.1, 0.15) is 55.7 Å². The molecule has 0 radical (unpaired) electrons. The maximum absolute atomic E-state index is 12.4. The van der Waals surface area contributed by atoms with E-state index in [0.717, 1.165) is 35.7 Å². The highest BCUT2D eigenvalue weighted by Crippen LogP contribution is 2.34. The van der Waals surface area contributed by atoms with Crippen molar-refractivity contribution in [2.75, 3.05) is 6.54 Å². The van der Waals surface area contributed by atoms with Crippen LogP contribution in [0.2, 0.25) is 0 Å². The summed E-state index contributed by atoms with van der Waals surface area (Å²) in [6, 6.07) is 7.60. The molecule has 3 rings (SSSR count). The number of amides is 1. The number of hydrogen-bond donors (Lipinski definition) is 1. The normalized spacial score (nSPS) is 18.4. The van der Waals surface area contributed by atoms with Gasteiger partial charge in [-0.25, -0.2) is 4.79 Å². The molecule has 1 unspecified atom stereocenters. The first-order valence-electron chi connectivity index (χ1n) is 7.95. The van der Waals surface area contributed by atoms with Crippen molar-refractivity contribution in [1.29, 1.82) is 0 Å². The zero-order valence-corrected chi connectivity index (χ0v) is 13.8. The summed E-state index contributed by atoms with van der Waals surface area (Å²) < 4.78 is 5.51. The SMILES string of the molecule is CC(C)(C)OC(=O)N1CCCC1c1cc2ccc(C=O)cc2[nH]1. The number of nitrogens with one attached hydrogen (secondary N) is 1. The van der Waals surface area contributed by atoms with E-state index in [0.29, 0.717) is 12.1 Å². The quantitative estimate of drug-likeness (QED) is 0.851. The molecule has 1 saturated heterocycles. The molecular weight excluding hydrogens is 292 g/mol. The molecular formula is C18H22N2O3. The highest BCUT2D eigenvalue weighted by atomic mass is 16.6. The summed E-state index contributed by atoms with van der Waals surface area (Å²) >= 11 is 0. The van der Waals surface area contributed by atoms with E-state index in [1.165, 1.54) is 0 Å². The largest absolute Gasteiger partial charge is 0.444 e. The molecule has 1 N–H and O–H groups in total. The molecule has 1 amide bonds. The van der Waals surface area contributed by atoms with Crippen LogP contribution in [0.5, 0.6) is 0 Å². The number of ether oxygens (including phenoxy) is 1. The molecule has 1 aliphatic heterocycles. The molecule has 0 bridgehead atoms. The van der Waals surface area contributed by atoms with Gasteiger partial charge in [0.2, 0.25) is 0 Å². The second-order valence-corrected chi connectivity index (χ2v) is 7.02. The lowest BCUT2D eigenvalue weighted by atomic mass is 10.1. The second kappa shape index (κ2) is 5.72. The molecule has 1 atom stereocenters. The predicted octanol–water partition coefficient (Wildman–Crippen LogP) is 4.05. The molecule has 2 heterocycles. The first-order chi connectivity index (χ1) is 10.9. The number of hydrogen-bond acceptors (Lipinski definition) is 3. The Balaban J connectivity index is 1.87. The lowest BCUT2D eigenvalue weighted by Gasteiger charge is -2.28. The summed E-state index contributed by atoms with van der Waals surface area (Å²) in [7, 11) is 0. The molecule has 1 aromatic carbocycles. The number of rotatable bonds is 2. The minimum Gasteiger partial charge on any atom is -0.444 e. The molecule has 1 fully saturated rings. The molecule has 5 nitrogen and oxygen atoms in total. The third-order valence-corrected chi connectivity index (χ3v) is 4.04. The highest BCUT2D eigenvalue weighted by molar-refractivity contribution is 5.87. The van der Waals surface area contributed by atoms with Gasteiger partial charge in [-0.05, 0) is 51.1 Å². The number of aromatic nitrogens is 1. The van der Waals surface area contributed by atoms with Gasteiger partial charge in [0.1, 0.15) is 11.9 Å². The topological polar surface area (TPSA) is 62.4 Å². The lowest BCUT2D eigenvalue weighted by Crippen LogP contribution is -2.36. The summed E-state index contributed by atoms with van der Waals surface area (Å²) in [6.45, 7) is 6.33. The number of nitrogens with zero attached hydrogens (tertiary/aromatic N) is 1. The van der Waals surface area contributed by atoms with Crippen molar-refractivity contribution in [3.8, 4) is 0 Å². The summed E-state index contributed by atoms with van der Waals surface area (Å²) in [5, 5.41) is 1.04. The second-order valence-electron chi connectivity index (χ2n) is 7.02. The standard InChI is InChI=1S/C18H22N2O3/c1-18(2,3)23-17(22)20-8-4-5-16(20)15-10-13-7-6-12(11-21)9-14(13)19-15/h6-7,9-11,16,19H,4-5,8H2,1-3H3. The van der Waals surface area contributed by atoms with Gasteiger partial charge in [0, 0.05) is 23.3 Å². The van der Waals surface area contributed by atoms with E-state index >= 15 is 0 Å². The van der Waals surface area contributed by atoms with Gasteiger partial charge in [0.25, 0.3) is 0 Å². The highest BCUT2D eigenvalue weighted by Gasteiger charge is 2.33. The van der Waals surface area contributed by atoms with Crippen molar-refractivity contribution in [2.45, 2.75) is 45.3 Å². The average molecular weight is 314 g/mol. The Morgan fingerprint density at radius 1 is 1.35 bits per heavy atom. The fourth-order valence-electron chi connectivity index (χ4n) is 3.05. The number of aldehydes is 1. The molecule has 0 saturated carbocycles. The van der Waals surface area contributed by atoms with Gasteiger partial charge in [-0.15, -0.1) is 0 Å². The molecule has 0 spiro atoms. The summed E-state index contributed by atoms with van der Waals surface area (Å²) in [6.07, 6.45) is 2.43. The first kappa shape index (κ1) is 15.6. The fraction of sp³-hybridized carbons (Fsp3) is 0.444. The van der Waals surface area contributed by atoms with Crippen LogP contribution < -0.4 is 0 Å². The van der Waals surface area contributed by atoms with Crippen LogP contribution in [-0.4, -0.2) is 34.4 Å². The van der Waals surface area contributed by atoms with Crippen LogP contribution >= 0.6 is 0 Å². The molecule has 1 aliphatic rings. The molecule has 5 heteroatoms. The first-order valence-corrected chi connectivity index (χ1v) is 7.95. The van der Waals surface area contributed by atoms with Crippen LogP contribution in [0.3, 0.4) is 0 Å². The predicted molar refractivity (Wildman–Crippen MR) is 88.6 cm³/mol. The zero-order valence-electron chi connectivity index (χ0n) is 13.8. The summed E-state index contributed by atoms with van der Waals surface area (Å²) in [5.74, 6) is 0.